The SMILES string of the molecule is COc1ccc([C@H](O)CNC(=O)c2cccc(C)c2C)cc1. The summed E-state index contributed by atoms with van der Waals surface area (Å²) in [4.78, 5) is 12.2. The number of hydrogen-bond acceptors (Lipinski definition) is 3. The molecule has 1 amide bonds. The van der Waals surface area contributed by atoms with Gasteiger partial charge in [-0.25, -0.2) is 0 Å². The van der Waals surface area contributed by atoms with E-state index < -0.39 is 6.10 Å². The molecule has 22 heavy (non-hydrogen) atoms. The van der Waals surface area contributed by atoms with Gasteiger partial charge in [0.15, 0.2) is 0 Å². The first-order valence-corrected chi connectivity index (χ1v) is 7.19. The normalized spacial score (nSPS) is 11.8. The van der Waals surface area contributed by atoms with E-state index in [0.717, 1.165) is 22.4 Å². The fourth-order valence-corrected chi connectivity index (χ4v) is 2.23. The van der Waals surface area contributed by atoms with Gasteiger partial charge >= 0.3 is 0 Å². The number of aryl methyl sites for hydroxylation is 1. The van der Waals surface area contributed by atoms with Gasteiger partial charge in [0.25, 0.3) is 5.91 Å². The summed E-state index contributed by atoms with van der Waals surface area (Å²) >= 11 is 0. The minimum atomic E-state index is -0.750. The van der Waals surface area contributed by atoms with E-state index in [1.807, 2.05) is 26.0 Å². The van der Waals surface area contributed by atoms with Gasteiger partial charge in [0.1, 0.15) is 5.75 Å². The van der Waals surface area contributed by atoms with Crippen molar-refractivity contribution in [3.8, 4) is 5.75 Å². The fraction of sp³-hybridized carbons (Fsp3) is 0.278. The maximum Gasteiger partial charge on any atom is 0.251 e. The van der Waals surface area contributed by atoms with Gasteiger partial charge in [0.2, 0.25) is 0 Å². The standard InChI is InChI=1S/C18H21NO3/c1-12-5-4-6-16(13(12)2)18(21)19-11-17(20)14-7-9-15(22-3)10-8-14/h4-10,17,20H,11H2,1-3H3,(H,19,21)/t17-/m1/s1. The molecule has 2 aromatic carbocycles. The highest BCUT2D eigenvalue weighted by molar-refractivity contribution is 5.95. The number of methoxy groups -OCH3 is 1. The van der Waals surface area contributed by atoms with Gasteiger partial charge in [0.05, 0.1) is 13.2 Å². The smallest absolute Gasteiger partial charge is 0.251 e. The first-order chi connectivity index (χ1) is 10.5. The molecule has 0 unspecified atom stereocenters. The second-order valence-corrected chi connectivity index (χ2v) is 5.25. The summed E-state index contributed by atoms with van der Waals surface area (Å²) in [6.07, 6.45) is -0.750. The molecule has 2 rings (SSSR count). The van der Waals surface area contributed by atoms with Crippen LogP contribution in [-0.4, -0.2) is 24.7 Å². The number of benzene rings is 2. The van der Waals surface area contributed by atoms with E-state index in [1.165, 1.54) is 0 Å². The van der Waals surface area contributed by atoms with Crippen LogP contribution in [0.15, 0.2) is 42.5 Å². The highest BCUT2D eigenvalue weighted by atomic mass is 16.5. The minimum Gasteiger partial charge on any atom is -0.497 e. The lowest BCUT2D eigenvalue weighted by Crippen LogP contribution is -2.29. The molecule has 0 saturated carbocycles. The van der Waals surface area contributed by atoms with Crippen molar-refractivity contribution < 1.29 is 14.6 Å². The molecule has 0 bridgehead atoms. The second-order valence-electron chi connectivity index (χ2n) is 5.25. The molecule has 0 saturated heterocycles. The van der Waals surface area contributed by atoms with Gasteiger partial charge in [-0.3, -0.25) is 4.79 Å². The molecular formula is C18H21NO3. The van der Waals surface area contributed by atoms with Crippen molar-refractivity contribution in [1.82, 2.24) is 5.32 Å². The molecular weight excluding hydrogens is 278 g/mol. The lowest BCUT2D eigenvalue weighted by molar-refractivity contribution is 0.0915. The quantitative estimate of drug-likeness (QED) is 0.892. The van der Waals surface area contributed by atoms with Gasteiger partial charge in [-0.1, -0.05) is 24.3 Å². The lowest BCUT2D eigenvalue weighted by atomic mass is 10.0. The predicted octanol–water partition coefficient (Wildman–Crippen LogP) is 2.78. The van der Waals surface area contributed by atoms with E-state index in [4.69, 9.17) is 4.74 Å². The Morgan fingerprint density at radius 3 is 2.50 bits per heavy atom. The first kappa shape index (κ1) is 16.0. The van der Waals surface area contributed by atoms with Crippen LogP contribution in [0.25, 0.3) is 0 Å². The summed E-state index contributed by atoms with van der Waals surface area (Å²) in [6.45, 7) is 4.06. The maximum absolute atomic E-state index is 12.2. The highest BCUT2D eigenvalue weighted by Crippen LogP contribution is 2.17. The molecule has 0 aliphatic heterocycles. The topological polar surface area (TPSA) is 58.6 Å². The van der Waals surface area contributed by atoms with E-state index in [2.05, 4.69) is 5.32 Å². The van der Waals surface area contributed by atoms with Gasteiger partial charge in [0, 0.05) is 12.1 Å². The monoisotopic (exact) mass is 299 g/mol. The van der Waals surface area contributed by atoms with E-state index in [9.17, 15) is 9.90 Å². The lowest BCUT2D eigenvalue weighted by Gasteiger charge is -2.14. The van der Waals surface area contributed by atoms with Gasteiger partial charge in [-0.05, 0) is 48.7 Å². The van der Waals surface area contributed by atoms with E-state index >= 15 is 0 Å². The molecule has 0 fully saturated rings. The van der Waals surface area contributed by atoms with Crippen molar-refractivity contribution >= 4 is 5.91 Å². The van der Waals surface area contributed by atoms with Crippen LogP contribution in [0.1, 0.15) is 33.2 Å². The van der Waals surface area contributed by atoms with Crippen LogP contribution in [0.3, 0.4) is 0 Å². The summed E-state index contributed by atoms with van der Waals surface area (Å²) in [6, 6.07) is 12.8. The van der Waals surface area contributed by atoms with E-state index in [1.54, 1.807) is 37.4 Å². The zero-order chi connectivity index (χ0) is 16.1. The molecule has 4 nitrogen and oxygen atoms in total. The van der Waals surface area contributed by atoms with Gasteiger partial charge in [-0.15, -0.1) is 0 Å². The second kappa shape index (κ2) is 7.09. The van der Waals surface area contributed by atoms with Crippen LogP contribution in [-0.2, 0) is 0 Å². The Balaban J connectivity index is 1.99. The molecule has 0 aromatic heterocycles. The Kier molecular flexibility index (Phi) is 5.17. The van der Waals surface area contributed by atoms with Crippen LogP contribution in [0.5, 0.6) is 5.75 Å². The number of aliphatic hydroxyl groups excluding tert-OH is 1. The van der Waals surface area contributed by atoms with Crippen molar-refractivity contribution in [3.63, 3.8) is 0 Å². The number of hydrogen-bond donors (Lipinski definition) is 2. The van der Waals surface area contributed by atoms with Crippen molar-refractivity contribution in [3.05, 3.63) is 64.7 Å². The number of rotatable bonds is 5. The minimum absolute atomic E-state index is 0.165. The molecule has 0 aliphatic rings. The van der Waals surface area contributed by atoms with Crippen LogP contribution < -0.4 is 10.1 Å². The molecule has 2 N–H and O–H groups in total. The van der Waals surface area contributed by atoms with E-state index in [0.29, 0.717) is 5.56 Å². The Labute approximate surface area is 130 Å². The number of nitrogens with one attached hydrogen (secondary N) is 1. The highest BCUT2D eigenvalue weighted by Gasteiger charge is 2.13. The van der Waals surface area contributed by atoms with Crippen LogP contribution in [0.4, 0.5) is 0 Å². The molecule has 0 spiro atoms. The third kappa shape index (κ3) is 3.65. The van der Waals surface area contributed by atoms with Crippen molar-refractivity contribution in [1.29, 1.82) is 0 Å². The maximum atomic E-state index is 12.2. The number of aliphatic hydroxyl groups is 1. The van der Waals surface area contributed by atoms with Gasteiger partial charge < -0.3 is 15.2 Å². The molecule has 0 aliphatic carbocycles. The summed E-state index contributed by atoms with van der Waals surface area (Å²) < 4.78 is 5.08. The molecule has 116 valence electrons. The third-order valence-corrected chi connectivity index (χ3v) is 3.81. The van der Waals surface area contributed by atoms with Crippen LogP contribution in [0.2, 0.25) is 0 Å². The fourth-order valence-electron chi connectivity index (χ4n) is 2.23. The Morgan fingerprint density at radius 1 is 1.18 bits per heavy atom. The molecule has 2 aromatic rings. The molecule has 0 heterocycles. The molecule has 0 radical (unpaired) electrons. The number of carbonyl (C=O) groups excluding carboxylic acids is 1. The summed E-state index contributed by atoms with van der Waals surface area (Å²) in [5, 5.41) is 12.9. The summed E-state index contributed by atoms with van der Waals surface area (Å²) in [7, 11) is 1.59. The van der Waals surface area contributed by atoms with Crippen LogP contribution in [0, 0.1) is 13.8 Å². The van der Waals surface area contributed by atoms with Crippen molar-refractivity contribution in [2.45, 2.75) is 20.0 Å². The average Bonchev–Trinajstić information content (AvgIpc) is 2.55. The Morgan fingerprint density at radius 2 is 1.86 bits per heavy atom. The predicted molar refractivity (Wildman–Crippen MR) is 86.2 cm³/mol. The zero-order valence-electron chi connectivity index (χ0n) is 13.1. The summed E-state index contributed by atoms with van der Waals surface area (Å²) in [5.41, 5.74) is 3.41. The first-order valence-electron chi connectivity index (χ1n) is 7.19. The number of ether oxygens (including phenoxy) is 1. The van der Waals surface area contributed by atoms with Crippen LogP contribution >= 0.6 is 0 Å². The van der Waals surface area contributed by atoms with Crippen molar-refractivity contribution in [2.24, 2.45) is 0 Å². The average molecular weight is 299 g/mol. The number of carbonyl (C=O) groups is 1. The largest absolute Gasteiger partial charge is 0.497 e. The third-order valence-electron chi connectivity index (χ3n) is 3.81. The summed E-state index contributed by atoms with van der Waals surface area (Å²) in [5.74, 6) is 0.559. The Hall–Kier alpha value is -2.33. The zero-order valence-corrected chi connectivity index (χ0v) is 13.1. The van der Waals surface area contributed by atoms with Crippen molar-refractivity contribution in [2.75, 3.05) is 13.7 Å². The van der Waals surface area contributed by atoms with E-state index in [-0.39, 0.29) is 12.5 Å². The number of amides is 1. The Bertz CT molecular complexity index is 650. The molecule has 4 heteroatoms. The van der Waals surface area contributed by atoms with Gasteiger partial charge in [-0.2, -0.15) is 0 Å². The molecule has 1 atom stereocenters.